The molecule has 1 aliphatic rings. The summed E-state index contributed by atoms with van der Waals surface area (Å²) in [4.78, 5) is 2.45. The van der Waals surface area contributed by atoms with E-state index in [9.17, 15) is 0 Å². The molecular formula is C14H17NO. The first-order chi connectivity index (χ1) is 7.84. The minimum atomic E-state index is 1.01. The van der Waals surface area contributed by atoms with E-state index in [2.05, 4.69) is 30.0 Å². The third kappa shape index (κ3) is 1.58. The maximum Gasteiger partial charge on any atom is 0.136 e. The minimum absolute atomic E-state index is 1.01. The topological polar surface area (TPSA) is 16.4 Å². The van der Waals surface area contributed by atoms with Crippen molar-refractivity contribution in [2.45, 2.75) is 26.2 Å². The Labute approximate surface area is 95.9 Å². The fourth-order valence-electron chi connectivity index (χ4n) is 2.50. The van der Waals surface area contributed by atoms with Crippen LogP contribution in [0.3, 0.4) is 0 Å². The van der Waals surface area contributed by atoms with Crippen molar-refractivity contribution in [1.29, 1.82) is 0 Å². The van der Waals surface area contributed by atoms with E-state index in [1.165, 1.54) is 49.0 Å². The van der Waals surface area contributed by atoms with Gasteiger partial charge in [0.1, 0.15) is 11.8 Å². The monoisotopic (exact) mass is 215 g/mol. The van der Waals surface area contributed by atoms with Crippen molar-refractivity contribution in [3.8, 4) is 0 Å². The number of piperidine rings is 1. The Morgan fingerprint density at radius 3 is 2.75 bits per heavy atom. The zero-order valence-electron chi connectivity index (χ0n) is 9.70. The summed E-state index contributed by atoms with van der Waals surface area (Å²) < 4.78 is 5.64. The molecule has 0 bridgehead atoms. The van der Waals surface area contributed by atoms with Gasteiger partial charge in [0.15, 0.2) is 0 Å². The maximum absolute atomic E-state index is 5.64. The predicted molar refractivity (Wildman–Crippen MR) is 67.0 cm³/mol. The predicted octanol–water partition coefficient (Wildman–Crippen LogP) is 3.73. The smallest absolute Gasteiger partial charge is 0.136 e. The van der Waals surface area contributed by atoms with Crippen LogP contribution in [0.15, 0.2) is 28.9 Å². The van der Waals surface area contributed by atoms with E-state index in [4.69, 9.17) is 4.42 Å². The molecule has 0 saturated carbocycles. The molecular weight excluding hydrogens is 198 g/mol. The fraction of sp³-hybridized carbons (Fsp3) is 0.429. The number of nitrogens with zero attached hydrogens (tertiary/aromatic N) is 1. The van der Waals surface area contributed by atoms with Crippen LogP contribution < -0.4 is 4.90 Å². The number of fused-ring (bicyclic) bond motifs is 1. The van der Waals surface area contributed by atoms with Gasteiger partial charge in [-0.2, -0.15) is 0 Å². The summed E-state index contributed by atoms with van der Waals surface area (Å²) in [5.41, 5.74) is 3.54. The highest BCUT2D eigenvalue weighted by atomic mass is 16.3. The van der Waals surface area contributed by atoms with Gasteiger partial charge in [0.25, 0.3) is 0 Å². The second-order valence-corrected chi connectivity index (χ2v) is 4.67. The molecule has 0 aliphatic carbocycles. The first-order valence-electron chi connectivity index (χ1n) is 6.07. The maximum atomic E-state index is 5.64. The average Bonchev–Trinajstić information content (AvgIpc) is 2.73. The number of furan rings is 1. The quantitative estimate of drug-likeness (QED) is 0.720. The van der Waals surface area contributed by atoms with Crippen molar-refractivity contribution in [2.24, 2.45) is 0 Å². The zero-order valence-corrected chi connectivity index (χ0v) is 9.70. The molecule has 2 heteroatoms. The molecule has 0 N–H and O–H groups in total. The number of aryl methyl sites for hydroxylation is 1. The van der Waals surface area contributed by atoms with Gasteiger partial charge in [0.05, 0.1) is 5.69 Å². The molecule has 0 spiro atoms. The first kappa shape index (κ1) is 9.76. The summed E-state index contributed by atoms with van der Waals surface area (Å²) in [6.45, 7) is 4.44. The molecule has 2 nitrogen and oxygen atoms in total. The van der Waals surface area contributed by atoms with E-state index in [1.54, 1.807) is 0 Å². The number of hydrogen-bond acceptors (Lipinski definition) is 2. The molecule has 16 heavy (non-hydrogen) atoms. The molecule has 2 aromatic rings. The molecule has 84 valence electrons. The van der Waals surface area contributed by atoms with Crippen LogP contribution in [-0.2, 0) is 0 Å². The summed E-state index contributed by atoms with van der Waals surface area (Å²) in [7, 11) is 0. The molecule has 1 aromatic carbocycles. The van der Waals surface area contributed by atoms with Crippen molar-refractivity contribution < 1.29 is 4.42 Å². The minimum Gasteiger partial charge on any atom is -0.462 e. The van der Waals surface area contributed by atoms with Gasteiger partial charge in [-0.1, -0.05) is 6.07 Å². The Kier molecular flexibility index (Phi) is 2.35. The van der Waals surface area contributed by atoms with Crippen molar-refractivity contribution in [3.05, 3.63) is 30.0 Å². The summed E-state index contributed by atoms with van der Waals surface area (Å²) in [6, 6.07) is 6.45. The van der Waals surface area contributed by atoms with Crippen molar-refractivity contribution in [1.82, 2.24) is 0 Å². The van der Waals surface area contributed by atoms with Gasteiger partial charge in [-0.15, -0.1) is 0 Å². The van der Waals surface area contributed by atoms with Gasteiger partial charge in [0.2, 0.25) is 0 Å². The third-order valence-electron chi connectivity index (χ3n) is 3.41. The molecule has 0 radical (unpaired) electrons. The Balaban J connectivity index is 2.03. The van der Waals surface area contributed by atoms with E-state index < -0.39 is 0 Å². The Hall–Kier alpha value is -1.44. The second-order valence-electron chi connectivity index (χ2n) is 4.67. The lowest BCUT2D eigenvalue weighted by Crippen LogP contribution is -2.29. The van der Waals surface area contributed by atoms with Crippen LogP contribution in [-0.4, -0.2) is 13.1 Å². The number of anilines is 1. The van der Waals surface area contributed by atoms with E-state index in [-0.39, 0.29) is 0 Å². The molecule has 1 saturated heterocycles. The molecule has 1 aromatic heterocycles. The van der Waals surface area contributed by atoms with Crippen LogP contribution in [0.4, 0.5) is 5.69 Å². The van der Waals surface area contributed by atoms with E-state index >= 15 is 0 Å². The summed E-state index contributed by atoms with van der Waals surface area (Å²) >= 11 is 0. The highest BCUT2D eigenvalue weighted by Crippen LogP contribution is 2.31. The molecule has 0 atom stereocenters. The highest BCUT2D eigenvalue weighted by molar-refractivity contribution is 5.91. The molecule has 0 amide bonds. The number of benzene rings is 1. The third-order valence-corrected chi connectivity index (χ3v) is 3.41. The van der Waals surface area contributed by atoms with Crippen molar-refractivity contribution >= 4 is 16.7 Å². The second kappa shape index (κ2) is 3.85. The van der Waals surface area contributed by atoms with E-state index in [1.807, 2.05) is 6.26 Å². The fourth-order valence-corrected chi connectivity index (χ4v) is 2.50. The van der Waals surface area contributed by atoms with E-state index in [0.717, 1.165) is 5.58 Å². The lowest BCUT2D eigenvalue weighted by molar-refractivity contribution is 0.569. The number of rotatable bonds is 1. The molecule has 1 aliphatic heterocycles. The highest BCUT2D eigenvalue weighted by Gasteiger charge is 2.15. The Morgan fingerprint density at radius 2 is 1.94 bits per heavy atom. The molecule has 2 heterocycles. The van der Waals surface area contributed by atoms with E-state index in [0.29, 0.717) is 0 Å². The lowest BCUT2D eigenvalue weighted by Gasteiger charge is -2.27. The summed E-state index contributed by atoms with van der Waals surface area (Å²) in [5.74, 6) is 0. The summed E-state index contributed by atoms with van der Waals surface area (Å²) in [6.07, 6.45) is 5.89. The van der Waals surface area contributed by atoms with Gasteiger partial charge >= 0.3 is 0 Å². The van der Waals surface area contributed by atoms with Gasteiger partial charge in [-0.05, 0) is 43.9 Å². The average molecular weight is 215 g/mol. The summed E-state index contributed by atoms with van der Waals surface area (Å²) in [5, 5.41) is 1.26. The number of hydrogen-bond donors (Lipinski definition) is 0. The zero-order chi connectivity index (χ0) is 11.0. The van der Waals surface area contributed by atoms with Crippen LogP contribution in [0, 0.1) is 6.92 Å². The van der Waals surface area contributed by atoms with Crippen LogP contribution in [0.5, 0.6) is 0 Å². The van der Waals surface area contributed by atoms with Gasteiger partial charge in [-0.3, -0.25) is 0 Å². The van der Waals surface area contributed by atoms with Crippen LogP contribution >= 0.6 is 0 Å². The molecule has 0 unspecified atom stereocenters. The Bertz CT molecular complexity index is 494. The van der Waals surface area contributed by atoms with Crippen molar-refractivity contribution in [2.75, 3.05) is 18.0 Å². The first-order valence-corrected chi connectivity index (χ1v) is 6.07. The molecule has 1 fully saturated rings. The van der Waals surface area contributed by atoms with Crippen LogP contribution in [0.2, 0.25) is 0 Å². The largest absolute Gasteiger partial charge is 0.462 e. The SMILES string of the molecule is Cc1ccc2c(N3CCCCC3)coc2c1. The van der Waals surface area contributed by atoms with Crippen LogP contribution in [0.25, 0.3) is 11.0 Å². The van der Waals surface area contributed by atoms with Crippen LogP contribution in [0.1, 0.15) is 24.8 Å². The normalized spacial score (nSPS) is 16.9. The van der Waals surface area contributed by atoms with Gasteiger partial charge < -0.3 is 9.32 Å². The van der Waals surface area contributed by atoms with Gasteiger partial charge in [0, 0.05) is 18.5 Å². The molecule has 3 rings (SSSR count). The standard InChI is InChI=1S/C14H17NO/c1-11-5-6-12-13(10-16-14(12)9-11)15-7-3-2-4-8-15/h5-6,9-10H,2-4,7-8H2,1H3. The lowest BCUT2D eigenvalue weighted by atomic mass is 10.1. The Morgan fingerprint density at radius 1 is 1.12 bits per heavy atom. The van der Waals surface area contributed by atoms with Crippen molar-refractivity contribution in [3.63, 3.8) is 0 Å². The van der Waals surface area contributed by atoms with Gasteiger partial charge in [-0.25, -0.2) is 0 Å².